The minimum Gasteiger partial charge on any atom is -0.395 e. The molecule has 0 heterocycles. The molecule has 20 heavy (non-hydrogen) atoms. The summed E-state index contributed by atoms with van der Waals surface area (Å²) >= 11 is 0. The summed E-state index contributed by atoms with van der Waals surface area (Å²) < 4.78 is 5.20. The van der Waals surface area contributed by atoms with E-state index in [2.05, 4.69) is 36.1 Å². The van der Waals surface area contributed by atoms with Crippen molar-refractivity contribution in [3.63, 3.8) is 0 Å². The highest BCUT2D eigenvalue weighted by atomic mass is 16.5. The molecule has 1 aliphatic rings. The topological polar surface area (TPSA) is 32.7 Å². The molecule has 0 amide bonds. The zero-order chi connectivity index (χ0) is 14.4. The minimum absolute atomic E-state index is 0.239. The Morgan fingerprint density at radius 3 is 2.75 bits per heavy atom. The lowest BCUT2D eigenvalue weighted by Crippen LogP contribution is -2.35. The molecule has 0 unspecified atom stereocenters. The van der Waals surface area contributed by atoms with Crippen LogP contribution in [0.4, 0.5) is 0 Å². The molecule has 1 fully saturated rings. The van der Waals surface area contributed by atoms with E-state index in [0.29, 0.717) is 12.6 Å². The second-order valence-electron chi connectivity index (χ2n) is 6.02. The predicted molar refractivity (Wildman–Crippen MR) is 81.5 cm³/mol. The number of rotatable bonds is 7. The van der Waals surface area contributed by atoms with Gasteiger partial charge in [-0.25, -0.2) is 0 Å². The summed E-state index contributed by atoms with van der Waals surface area (Å²) in [4.78, 5) is 2.44. The average molecular weight is 277 g/mol. The number of methoxy groups -OCH3 is 1. The van der Waals surface area contributed by atoms with E-state index in [0.717, 1.165) is 19.0 Å². The Hall–Kier alpha value is -0.900. The molecule has 3 heteroatoms. The Kier molecular flexibility index (Phi) is 6.02. The van der Waals surface area contributed by atoms with Crippen LogP contribution in [-0.4, -0.2) is 36.3 Å². The average Bonchev–Trinajstić information content (AvgIpc) is 2.86. The maximum absolute atomic E-state index is 9.32. The zero-order valence-electron chi connectivity index (χ0n) is 12.7. The fourth-order valence-corrected chi connectivity index (χ4v) is 3.25. The molecule has 0 radical (unpaired) electrons. The van der Waals surface area contributed by atoms with Crippen molar-refractivity contribution < 1.29 is 9.84 Å². The van der Waals surface area contributed by atoms with Gasteiger partial charge >= 0.3 is 0 Å². The highest BCUT2D eigenvalue weighted by Gasteiger charge is 2.26. The van der Waals surface area contributed by atoms with E-state index >= 15 is 0 Å². The molecule has 0 aliphatic heterocycles. The summed E-state index contributed by atoms with van der Waals surface area (Å²) in [6.45, 7) is 4.93. The third kappa shape index (κ3) is 4.30. The van der Waals surface area contributed by atoms with Gasteiger partial charge < -0.3 is 9.84 Å². The van der Waals surface area contributed by atoms with E-state index in [4.69, 9.17) is 4.74 Å². The van der Waals surface area contributed by atoms with Crippen molar-refractivity contribution in [2.75, 3.05) is 20.3 Å². The normalized spacial score (nSPS) is 22.6. The predicted octanol–water partition coefficient (Wildman–Crippen LogP) is 2.82. The number of aliphatic hydroxyl groups excluding tert-OH is 1. The number of aliphatic hydroxyl groups is 1. The van der Waals surface area contributed by atoms with Gasteiger partial charge in [0, 0.05) is 26.2 Å². The number of hydrogen-bond acceptors (Lipinski definition) is 3. The van der Waals surface area contributed by atoms with Gasteiger partial charge in [0.05, 0.1) is 13.2 Å². The summed E-state index contributed by atoms with van der Waals surface area (Å²) in [5, 5.41) is 9.32. The van der Waals surface area contributed by atoms with Crippen LogP contribution in [0, 0.1) is 5.92 Å². The Labute approximate surface area is 122 Å². The van der Waals surface area contributed by atoms with Crippen LogP contribution in [0.2, 0.25) is 0 Å². The molecule has 3 nitrogen and oxygen atoms in total. The summed E-state index contributed by atoms with van der Waals surface area (Å²) in [5.41, 5.74) is 2.53. The lowest BCUT2D eigenvalue weighted by atomic mass is 10.1. The smallest absolute Gasteiger partial charge is 0.0713 e. The highest BCUT2D eigenvalue weighted by Crippen LogP contribution is 2.29. The van der Waals surface area contributed by atoms with Gasteiger partial charge in [-0.2, -0.15) is 0 Å². The maximum Gasteiger partial charge on any atom is 0.0713 e. The molecule has 112 valence electrons. The van der Waals surface area contributed by atoms with Gasteiger partial charge in [-0.3, -0.25) is 4.90 Å². The standard InChI is InChI=1S/C17H27NO2/c1-14-6-7-17(10-14)18(8-9-19)12-15-4-3-5-16(11-15)13-20-2/h3-5,11,14,17,19H,6-10,12-13H2,1-2H3/t14-,17-/m1/s1. The SMILES string of the molecule is COCc1cccc(CN(CCO)[C@@H]2CC[C@@H](C)C2)c1. The van der Waals surface area contributed by atoms with Gasteiger partial charge in [-0.05, 0) is 36.3 Å². The van der Waals surface area contributed by atoms with Crippen molar-refractivity contribution in [2.45, 2.75) is 45.4 Å². The van der Waals surface area contributed by atoms with E-state index in [-0.39, 0.29) is 6.61 Å². The Morgan fingerprint density at radius 1 is 1.30 bits per heavy atom. The highest BCUT2D eigenvalue weighted by molar-refractivity contribution is 5.23. The Balaban J connectivity index is 2.01. The van der Waals surface area contributed by atoms with Crippen molar-refractivity contribution in [3.05, 3.63) is 35.4 Å². The van der Waals surface area contributed by atoms with Crippen LogP contribution >= 0.6 is 0 Å². The summed E-state index contributed by atoms with van der Waals surface area (Å²) in [6, 6.07) is 9.20. The monoisotopic (exact) mass is 277 g/mol. The molecular weight excluding hydrogens is 250 g/mol. The first kappa shape index (κ1) is 15.5. The summed E-state index contributed by atoms with van der Waals surface area (Å²) in [5.74, 6) is 0.820. The zero-order valence-corrected chi connectivity index (χ0v) is 12.7. The van der Waals surface area contributed by atoms with Crippen molar-refractivity contribution in [3.8, 4) is 0 Å². The van der Waals surface area contributed by atoms with E-state index in [1.807, 2.05) is 0 Å². The van der Waals surface area contributed by atoms with Crippen LogP contribution < -0.4 is 0 Å². The molecule has 2 atom stereocenters. The number of nitrogens with zero attached hydrogens (tertiary/aromatic N) is 1. The summed E-state index contributed by atoms with van der Waals surface area (Å²) in [7, 11) is 1.73. The summed E-state index contributed by atoms with van der Waals surface area (Å²) in [6.07, 6.45) is 3.84. The first-order chi connectivity index (χ1) is 9.72. The van der Waals surface area contributed by atoms with E-state index in [9.17, 15) is 5.11 Å². The third-order valence-corrected chi connectivity index (χ3v) is 4.26. The fraction of sp³-hybridized carbons (Fsp3) is 0.647. The van der Waals surface area contributed by atoms with Crippen LogP contribution in [0.25, 0.3) is 0 Å². The van der Waals surface area contributed by atoms with Crippen LogP contribution in [0.3, 0.4) is 0 Å². The molecule has 1 aromatic carbocycles. The van der Waals surface area contributed by atoms with Gasteiger partial charge in [-0.1, -0.05) is 31.2 Å². The van der Waals surface area contributed by atoms with Gasteiger partial charge in [0.25, 0.3) is 0 Å². The Bertz CT molecular complexity index is 408. The second kappa shape index (κ2) is 7.77. The number of ether oxygens (including phenoxy) is 1. The first-order valence-corrected chi connectivity index (χ1v) is 7.64. The van der Waals surface area contributed by atoms with Crippen molar-refractivity contribution in [2.24, 2.45) is 5.92 Å². The first-order valence-electron chi connectivity index (χ1n) is 7.64. The molecule has 1 N–H and O–H groups in total. The van der Waals surface area contributed by atoms with Gasteiger partial charge in [-0.15, -0.1) is 0 Å². The molecule has 2 rings (SSSR count). The van der Waals surface area contributed by atoms with E-state index < -0.39 is 0 Å². The molecule has 0 saturated heterocycles. The fourth-order valence-electron chi connectivity index (χ4n) is 3.25. The van der Waals surface area contributed by atoms with Crippen molar-refractivity contribution in [1.29, 1.82) is 0 Å². The molecule has 0 aromatic heterocycles. The van der Waals surface area contributed by atoms with E-state index in [1.165, 1.54) is 30.4 Å². The Morgan fingerprint density at radius 2 is 2.10 bits per heavy atom. The number of benzene rings is 1. The van der Waals surface area contributed by atoms with Crippen LogP contribution in [0.1, 0.15) is 37.3 Å². The van der Waals surface area contributed by atoms with Gasteiger partial charge in [0.1, 0.15) is 0 Å². The van der Waals surface area contributed by atoms with Gasteiger partial charge in [0.2, 0.25) is 0 Å². The second-order valence-corrected chi connectivity index (χ2v) is 6.02. The minimum atomic E-state index is 0.239. The quantitative estimate of drug-likeness (QED) is 0.832. The molecular formula is C17H27NO2. The van der Waals surface area contributed by atoms with Crippen molar-refractivity contribution in [1.82, 2.24) is 4.90 Å². The maximum atomic E-state index is 9.32. The van der Waals surface area contributed by atoms with Crippen molar-refractivity contribution >= 4 is 0 Å². The molecule has 1 aromatic rings. The van der Waals surface area contributed by atoms with Gasteiger partial charge in [0.15, 0.2) is 0 Å². The third-order valence-electron chi connectivity index (χ3n) is 4.26. The largest absolute Gasteiger partial charge is 0.395 e. The lowest BCUT2D eigenvalue weighted by molar-refractivity contribution is 0.142. The van der Waals surface area contributed by atoms with Crippen LogP contribution in [0.5, 0.6) is 0 Å². The molecule has 1 saturated carbocycles. The lowest BCUT2D eigenvalue weighted by Gasteiger charge is -2.28. The molecule has 0 spiro atoms. The van der Waals surface area contributed by atoms with E-state index in [1.54, 1.807) is 7.11 Å². The van der Waals surface area contributed by atoms with Crippen LogP contribution in [-0.2, 0) is 17.9 Å². The number of hydrogen-bond donors (Lipinski definition) is 1. The van der Waals surface area contributed by atoms with Crippen LogP contribution in [0.15, 0.2) is 24.3 Å². The molecule has 1 aliphatic carbocycles. The molecule has 0 bridgehead atoms.